The second-order valence-corrected chi connectivity index (χ2v) is 6.97. The lowest BCUT2D eigenvalue weighted by atomic mass is 9.74. The Balaban J connectivity index is 1.81. The minimum atomic E-state index is -0.296. The van der Waals surface area contributed by atoms with Gasteiger partial charge in [-0.15, -0.1) is 0 Å². The van der Waals surface area contributed by atoms with E-state index in [1.165, 1.54) is 6.42 Å². The molecule has 0 bridgehead atoms. The lowest BCUT2D eigenvalue weighted by Gasteiger charge is -2.33. The Morgan fingerprint density at radius 3 is 2.52 bits per heavy atom. The van der Waals surface area contributed by atoms with Crippen molar-refractivity contribution < 1.29 is 14.0 Å². The first-order valence-corrected chi connectivity index (χ1v) is 7.88. The van der Waals surface area contributed by atoms with Crippen molar-refractivity contribution in [2.45, 2.75) is 53.2 Å². The monoisotopic (exact) mass is 292 g/mol. The van der Waals surface area contributed by atoms with E-state index in [9.17, 15) is 0 Å². The van der Waals surface area contributed by atoms with Crippen LogP contribution in [0.5, 0.6) is 0 Å². The maximum atomic E-state index is 5.93. The third-order valence-electron chi connectivity index (χ3n) is 4.30. The Labute approximate surface area is 127 Å². The van der Waals surface area contributed by atoms with Gasteiger partial charge in [-0.05, 0) is 33.1 Å². The molecule has 3 heterocycles. The van der Waals surface area contributed by atoms with E-state index in [1.54, 1.807) is 0 Å². The molecule has 21 heavy (non-hydrogen) atoms. The summed E-state index contributed by atoms with van der Waals surface area (Å²) in [4.78, 5) is 0. The maximum Gasteiger partial charge on any atom is 0.497 e. The minimum absolute atomic E-state index is 0.0613. The maximum absolute atomic E-state index is 5.93. The summed E-state index contributed by atoms with van der Waals surface area (Å²) in [5, 5.41) is 4.68. The first-order chi connectivity index (χ1) is 9.98. The van der Waals surface area contributed by atoms with E-state index in [0.29, 0.717) is 13.2 Å². The summed E-state index contributed by atoms with van der Waals surface area (Å²) in [5.41, 5.74) is 3.23. The van der Waals surface area contributed by atoms with Crippen molar-refractivity contribution in [3.05, 3.63) is 11.4 Å². The van der Waals surface area contributed by atoms with Crippen molar-refractivity contribution >= 4 is 12.6 Å². The average Bonchev–Trinajstić information content (AvgIpc) is 2.76. The molecular weight excluding hydrogens is 267 g/mol. The number of aromatic nitrogens is 2. The quantitative estimate of drug-likeness (QED) is 0.782. The highest BCUT2D eigenvalue weighted by Crippen LogP contribution is 2.25. The summed E-state index contributed by atoms with van der Waals surface area (Å²) in [5.74, 6) is 0. The van der Waals surface area contributed by atoms with Crippen LogP contribution in [-0.4, -0.2) is 36.7 Å². The summed E-state index contributed by atoms with van der Waals surface area (Å²) < 4.78 is 19.7. The van der Waals surface area contributed by atoms with E-state index in [1.807, 2.05) is 11.6 Å². The van der Waals surface area contributed by atoms with Gasteiger partial charge in [-0.25, -0.2) is 4.68 Å². The Morgan fingerprint density at radius 1 is 1.19 bits per heavy atom. The molecule has 2 saturated heterocycles. The van der Waals surface area contributed by atoms with Crippen LogP contribution in [0.3, 0.4) is 0 Å². The van der Waals surface area contributed by atoms with Gasteiger partial charge in [0.25, 0.3) is 0 Å². The molecule has 5 nitrogen and oxygen atoms in total. The summed E-state index contributed by atoms with van der Waals surface area (Å²) in [7, 11) is -0.296. The third kappa shape index (κ3) is 3.03. The van der Waals surface area contributed by atoms with Crippen LogP contribution in [0.1, 0.15) is 50.7 Å². The SMILES string of the molecule is Cc1nn([C@H]2CCCCO2)c(C)c1B1OCC(C)(C)CO1. The smallest absolute Gasteiger partial charge is 0.407 e. The fourth-order valence-electron chi connectivity index (χ4n) is 3.07. The van der Waals surface area contributed by atoms with Gasteiger partial charge in [-0.2, -0.15) is 5.10 Å². The van der Waals surface area contributed by atoms with Crippen LogP contribution in [0, 0.1) is 19.3 Å². The zero-order valence-corrected chi connectivity index (χ0v) is 13.5. The third-order valence-corrected chi connectivity index (χ3v) is 4.30. The van der Waals surface area contributed by atoms with E-state index >= 15 is 0 Å². The topological polar surface area (TPSA) is 45.5 Å². The number of ether oxygens (including phenoxy) is 1. The van der Waals surface area contributed by atoms with Crippen LogP contribution >= 0.6 is 0 Å². The van der Waals surface area contributed by atoms with Crippen molar-refractivity contribution in [2.24, 2.45) is 5.41 Å². The van der Waals surface area contributed by atoms with Crippen molar-refractivity contribution in [3.63, 3.8) is 0 Å². The summed E-state index contributed by atoms with van der Waals surface area (Å²) in [6.07, 6.45) is 3.43. The molecule has 2 aliphatic heterocycles. The summed E-state index contributed by atoms with van der Waals surface area (Å²) in [6.45, 7) is 10.7. The number of hydrogen-bond donors (Lipinski definition) is 0. The molecule has 3 rings (SSSR count). The normalized spacial score (nSPS) is 26.1. The van der Waals surface area contributed by atoms with E-state index in [4.69, 9.17) is 14.0 Å². The van der Waals surface area contributed by atoms with Crippen molar-refractivity contribution in [2.75, 3.05) is 19.8 Å². The standard InChI is InChI=1S/C15H25BN2O3/c1-11-14(16-20-9-15(3,4)10-21-16)12(2)18(17-11)13-7-5-6-8-19-13/h13H,5-10H2,1-4H3/t13-/m1/s1. The molecule has 0 amide bonds. The Kier molecular flexibility index (Phi) is 4.12. The Hall–Kier alpha value is -0.845. The van der Waals surface area contributed by atoms with Crippen molar-refractivity contribution in [1.29, 1.82) is 0 Å². The van der Waals surface area contributed by atoms with E-state index in [-0.39, 0.29) is 18.8 Å². The molecule has 2 aliphatic rings. The fraction of sp³-hybridized carbons (Fsp3) is 0.800. The number of hydrogen-bond acceptors (Lipinski definition) is 4. The second kappa shape index (κ2) is 5.74. The van der Waals surface area contributed by atoms with Gasteiger partial charge in [-0.1, -0.05) is 13.8 Å². The lowest BCUT2D eigenvalue weighted by molar-refractivity contribution is -0.0407. The Morgan fingerprint density at radius 2 is 1.90 bits per heavy atom. The molecule has 6 heteroatoms. The molecule has 0 radical (unpaired) electrons. The number of aryl methyl sites for hydroxylation is 1. The molecule has 0 aliphatic carbocycles. The van der Waals surface area contributed by atoms with E-state index in [2.05, 4.69) is 25.9 Å². The van der Waals surface area contributed by atoms with Crippen LogP contribution in [-0.2, 0) is 14.0 Å². The largest absolute Gasteiger partial charge is 0.497 e. The van der Waals surface area contributed by atoms with Gasteiger partial charge in [0.2, 0.25) is 0 Å². The van der Waals surface area contributed by atoms with Gasteiger partial charge in [0, 0.05) is 36.4 Å². The molecule has 2 fully saturated rings. The molecule has 0 unspecified atom stereocenters. The summed E-state index contributed by atoms with van der Waals surface area (Å²) in [6, 6.07) is 0. The molecule has 0 spiro atoms. The van der Waals surface area contributed by atoms with Crippen LogP contribution in [0.15, 0.2) is 0 Å². The fourth-order valence-corrected chi connectivity index (χ4v) is 3.07. The Bertz CT molecular complexity index is 499. The lowest BCUT2D eigenvalue weighted by Crippen LogP contribution is -2.48. The molecule has 1 aromatic heterocycles. The molecule has 1 atom stereocenters. The van der Waals surface area contributed by atoms with Gasteiger partial charge in [-0.3, -0.25) is 0 Å². The first-order valence-electron chi connectivity index (χ1n) is 7.88. The van der Waals surface area contributed by atoms with Crippen LogP contribution < -0.4 is 5.46 Å². The number of nitrogens with zero attached hydrogens (tertiary/aromatic N) is 2. The molecule has 0 saturated carbocycles. The highest BCUT2D eigenvalue weighted by Gasteiger charge is 2.37. The van der Waals surface area contributed by atoms with Gasteiger partial charge < -0.3 is 14.0 Å². The van der Waals surface area contributed by atoms with Crippen molar-refractivity contribution in [3.8, 4) is 0 Å². The molecular formula is C15H25BN2O3. The zero-order chi connectivity index (χ0) is 15.0. The van der Waals surface area contributed by atoms with Crippen LogP contribution in [0.2, 0.25) is 0 Å². The van der Waals surface area contributed by atoms with Gasteiger partial charge in [0.1, 0.15) is 6.23 Å². The summed E-state index contributed by atoms with van der Waals surface area (Å²) >= 11 is 0. The van der Waals surface area contributed by atoms with Gasteiger partial charge >= 0.3 is 7.12 Å². The van der Waals surface area contributed by atoms with Gasteiger partial charge in [0.05, 0.1) is 5.69 Å². The van der Waals surface area contributed by atoms with Crippen LogP contribution in [0.25, 0.3) is 0 Å². The van der Waals surface area contributed by atoms with Crippen LogP contribution in [0.4, 0.5) is 0 Å². The average molecular weight is 292 g/mol. The zero-order valence-electron chi connectivity index (χ0n) is 13.5. The molecule has 116 valence electrons. The highest BCUT2D eigenvalue weighted by molar-refractivity contribution is 6.62. The molecule has 1 aromatic rings. The molecule has 0 aromatic carbocycles. The predicted molar refractivity (Wildman–Crippen MR) is 81.6 cm³/mol. The first kappa shape index (κ1) is 15.1. The highest BCUT2D eigenvalue weighted by atomic mass is 16.6. The van der Waals surface area contributed by atoms with Crippen molar-refractivity contribution in [1.82, 2.24) is 9.78 Å². The predicted octanol–water partition coefficient (Wildman–Crippen LogP) is 1.97. The minimum Gasteiger partial charge on any atom is -0.407 e. The number of rotatable bonds is 2. The molecule has 0 N–H and O–H groups in total. The van der Waals surface area contributed by atoms with E-state index in [0.717, 1.165) is 36.3 Å². The van der Waals surface area contributed by atoms with E-state index < -0.39 is 0 Å². The second-order valence-electron chi connectivity index (χ2n) is 6.97. The van der Waals surface area contributed by atoms with Gasteiger partial charge in [0.15, 0.2) is 0 Å².